The molecule has 0 bridgehead atoms. The third-order valence-electron chi connectivity index (χ3n) is 1.92. The second kappa shape index (κ2) is 13.4. The predicted molar refractivity (Wildman–Crippen MR) is 64.6 cm³/mol. The minimum atomic E-state index is -2.25. The van der Waals surface area contributed by atoms with Crippen LogP contribution < -0.4 is 40.4 Å². The summed E-state index contributed by atoms with van der Waals surface area (Å²) in [5, 5.41) is 52.8. The largest absolute Gasteiger partial charge is 1.00 e. The molecule has 0 radical (unpaired) electrons. The molecule has 0 aromatic rings. The van der Waals surface area contributed by atoms with Gasteiger partial charge in [0, 0.05) is 5.75 Å². The summed E-state index contributed by atoms with van der Waals surface area (Å²) in [7, 11) is 0. The van der Waals surface area contributed by atoms with Gasteiger partial charge in [0.1, 0.15) is 18.3 Å². The standard InChI is InChI=1S/C6H10O7.C3H7NO2S.Na/c7-1-2(8)3(9)4(10)5(11)6(12)13;4-2(1-7)3(5)6;/h1-5,8-11H,(H,12,13);2,7H,1,4H2,(H,5,6);/q;;+1/p-1/t2-,3+,4-,5-;2-;/m00./s1. The molecule has 5 atom stereocenters. The van der Waals surface area contributed by atoms with Crippen molar-refractivity contribution < 1.29 is 74.6 Å². The van der Waals surface area contributed by atoms with Crippen molar-refractivity contribution in [1.29, 1.82) is 0 Å². The molecule has 118 valence electrons. The van der Waals surface area contributed by atoms with Gasteiger partial charge in [0.25, 0.3) is 0 Å². The van der Waals surface area contributed by atoms with Crippen LogP contribution in [-0.4, -0.2) is 80.0 Å². The fraction of sp³-hybridized carbons (Fsp3) is 0.667. The van der Waals surface area contributed by atoms with Crippen LogP contribution in [0.3, 0.4) is 0 Å². The average molecular weight is 337 g/mol. The van der Waals surface area contributed by atoms with Gasteiger partial charge in [-0.3, -0.25) is 0 Å². The average Bonchev–Trinajstić information content (AvgIpc) is 2.43. The number of carbonyl (C=O) groups is 3. The first-order valence-corrected chi connectivity index (χ1v) is 5.71. The van der Waals surface area contributed by atoms with Gasteiger partial charge in [0.2, 0.25) is 0 Å². The van der Waals surface area contributed by atoms with Crippen molar-refractivity contribution in [1.82, 2.24) is 0 Å². The molecule has 0 rings (SSSR count). The van der Waals surface area contributed by atoms with Gasteiger partial charge >= 0.3 is 35.5 Å². The number of nitrogens with two attached hydrogens (primary N) is 1. The van der Waals surface area contributed by atoms with E-state index in [9.17, 15) is 19.5 Å². The van der Waals surface area contributed by atoms with Crippen LogP contribution in [0.15, 0.2) is 0 Å². The number of aliphatic hydroxyl groups is 4. The molecule has 0 amide bonds. The van der Waals surface area contributed by atoms with Crippen molar-refractivity contribution in [3.63, 3.8) is 0 Å². The maximum Gasteiger partial charge on any atom is 1.00 e. The monoisotopic (exact) mass is 337 g/mol. The maximum absolute atomic E-state index is 10.1. The molecule has 0 aliphatic heterocycles. The Labute approximate surface area is 147 Å². The second-order valence-electron chi connectivity index (χ2n) is 3.50. The predicted octanol–water partition coefficient (Wildman–Crippen LogP) is -8.29. The Morgan fingerprint density at radius 1 is 1.19 bits per heavy atom. The summed E-state index contributed by atoms with van der Waals surface area (Å²) < 4.78 is 0. The number of hydrogen-bond acceptors (Lipinski definition) is 10. The van der Waals surface area contributed by atoms with Crippen molar-refractivity contribution in [2.75, 3.05) is 5.75 Å². The minimum absolute atomic E-state index is 0. The Bertz CT molecular complexity index is 332. The third-order valence-corrected chi connectivity index (χ3v) is 2.31. The molecule has 10 nitrogen and oxygen atoms in total. The molecular weight excluding hydrogens is 321 g/mol. The molecule has 0 saturated carbocycles. The van der Waals surface area contributed by atoms with E-state index in [2.05, 4.69) is 12.6 Å². The summed E-state index contributed by atoms with van der Waals surface area (Å²) in [6, 6.07) is -0.927. The third kappa shape index (κ3) is 11.0. The summed E-state index contributed by atoms with van der Waals surface area (Å²) in [6.07, 6.45) is -8.39. The van der Waals surface area contributed by atoms with E-state index in [-0.39, 0.29) is 41.6 Å². The topological polar surface area (TPSA) is 201 Å². The minimum Gasteiger partial charge on any atom is -0.548 e. The van der Waals surface area contributed by atoms with Gasteiger partial charge in [-0.05, 0) is 0 Å². The number of aliphatic hydroxyl groups excluding tert-OH is 4. The number of hydrogen-bond donors (Lipinski definition) is 7. The van der Waals surface area contributed by atoms with E-state index in [0.29, 0.717) is 0 Å². The number of carbonyl (C=O) groups excluding carboxylic acids is 2. The quantitative estimate of drug-likeness (QED) is 0.133. The molecule has 0 aromatic carbocycles. The number of carboxylic acid groups (broad SMARTS) is 2. The van der Waals surface area contributed by atoms with E-state index in [1.807, 2.05) is 0 Å². The van der Waals surface area contributed by atoms with E-state index >= 15 is 0 Å². The molecule has 0 aliphatic rings. The molecule has 7 N–H and O–H groups in total. The molecular formula is C9H16NNaO9S. The molecule has 0 aliphatic carbocycles. The summed E-state index contributed by atoms with van der Waals surface area (Å²) in [5.41, 5.74) is 4.88. The summed E-state index contributed by atoms with van der Waals surface area (Å²) >= 11 is 3.61. The van der Waals surface area contributed by atoms with E-state index < -0.39 is 42.4 Å². The number of thiol groups is 1. The summed E-state index contributed by atoms with van der Waals surface area (Å²) in [5.74, 6) is -2.89. The smallest absolute Gasteiger partial charge is 0.548 e. The Balaban J connectivity index is -0.000000347. The van der Waals surface area contributed by atoms with Crippen molar-refractivity contribution in [2.24, 2.45) is 5.73 Å². The van der Waals surface area contributed by atoms with Crippen LogP contribution in [0.5, 0.6) is 0 Å². The van der Waals surface area contributed by atoms with Crippen LogP contribution in [0.2, 0.25) is 0 Å². The van der Waals surface area contributed by atoms with E-state index in [0.717, 1.165) is 0 Å². The zero-order valence-corrected chi connectivity index (χ0v) is 14.0. The Morgan fingerprint density at radius 2 is 1.62 bits per heavy atom. The molecule has 21 heavy (non-hydrogen) atoms. The number of aliphatic carboxylic acids is 2. The Hall–Kier alpha value is -0.240. The number of rotatable bonds is 7. The first-order valence-electron chi connectivity index (χ1n) is 5.07. The van der Waals surface area contributed by atoms with Crippen molar-refractivity contribution in [2.45, 2.75) is 30.5 Å². The van der Waals surface area contributed by atoms with Crippen LogP contribution in [0.1, 0.15) is 0 Å². The van der Waals surface area contributed by atoms with Gasteiger partial charge in [-0.15, -0.1) is 0 Å². The van der Waals surface area contributed by atoms with Crippen LogP contribution in [0.4, 0.5) is 0 Å². The Kier molecular flexibility index (Phi) is 16.4. The SMILES string of the molecule is N[C@@H](CS)C(=O)[O-].O=C[C@H](O)[C@@H](O)[C@H](O)[C@H](O)C(=O)O.[Na+]. The number of carboxylic acids is 2. The van der Waals surface area contributed by atoms with Crippen molar-refractivity contribution >= 4 is 30.9 Å². The molecule has 0 spiro atoms. The van der Waals surface area contributed by atoms with E-state index in [1.165, 1.54) is 0 Å². The van der Waals surface area contributed by atoms with E-state index in [4.69, 9.17) is 31.3 Å². The van der Waals surface area contributed by atoms with Gasteiger partial charge in [0.15, 0.2) is 12.4 Å². The van der Waals surface area contributed by atoms with Crippen molar-refractivity contribution in [3.8, 4) is 0 Å². The molecule has 0 saturated heterocycles. The summed E-state index contributed by atoms with van der Waals surface area (Å²) in [6.45, 7) is 0. The number of aldehydes is 1. The molecule has 0 fully saturated rings. The van der Waals surface area contributed by atoms with Gasteiger partial charge < -0.3 is 46.0 Å². The van der Waals surface area contributed by atoms with Crippen LogP contribution in [0.25, 0.3) is 0 Å². The fourth-order valence-corrected chi connectivity index (χ4v) is 0.839. The van der Waals surface area contributed by atoms with Crippen molar-refractivity contribution in [3.05, 3.63) is 0 Å². The van der Waals surface area contributed by atoms with Gasteiger partial charge in [-0.25, -0.2) is 4.79 Å². The second-order valence-corrected chi connectivity index (χ2v) is 3.86. The van der Waals surface area contributed by atoms with Gasteiger partial charge in [0.05, 0.1) is 12.0 Å². The first-order chi connectivity index (χ1) is 9.09. The normalized spacial score (nSPS) is 16.9. The molecule has 0 aromatic heterocycles. The zero-order valence-electron chi connectivity index (χ0n) is 11.1. The van der Waals surface area contributed by atoms with Crippen LogP contribution in [0, 0.1) is 0 Å². The Morgan fingerprint density at radius 3 is 1.81 bits per heavy atom. The molecule has 12 heteroatoms. The van der Waals surface area contributed by atoms with Crippen LogP contribution >= 0.6 is 12.6 Å². The van der Waals surface area contributed by atoms with E-state index in [1.54, 1.807) is 0 Å². The van der Waals surface area contributed by atoms with Gasteiger partial charge in [-0.2, -0.15) is 12.6 Å². The van der Waals surface area contributed by atoms with Gasteiger partial charge in [-0.1, -0.05) is 0 Å². The molecule has 0 heterocycles. The fourth-order valence-electron chi connectivity index (χ4n) is 0.690. The zero-order chi connectivity index (χ0) is 16.5. The summed E-state index contributed by atoms with van der Waals surface area (Å²) in [4.78, 5) is 29.6. The molecule has 0 unspecified atom stereocenters. The first kappa shape index (κ1) is 25.7. The van der Waals surface area contributed by atoms with Crippen LogP contribution in [-0.2, 0) is 14.4 Å². The maximum atomic E-state index is 10.1.